The zero-order chi connectivity index (χ0) is 15.7. The van der Waals surface area contributed by atoms with Crippen molar-refractivity contribution >= 4 is 17.3 Å². The maximum absolute atomic E-state index is 13.9. The van der Waals surface area contributed by atoms with Crippen molar-refractivity contribution in [1.82, 2.24) is 9.78 Å². The summed E-state index contributed by atoms with van der Waals surface area (Å²) in [7, 11) is 1.41. The monoisotopic (exact) mass is 290 g/mol. The fraction of sp³-hybridized carbons (Fsp3) is 0.214. The predicted molar refractivity (Wildman–Crippen MR) is 77.2 cm³/mol. The van der Waals surface area contributed by atoms with Crippen molar-refractivity contribution in [3.05, 3.63) is 51.2 Å². The molecule has 110 valence electrons. The van der Waals surface area contributed by atoms with E-state index in [1.165, 1.54) is 26.1 Å². The quantitative estimate of drug-likeness (QED) is 0.893. The highest BCUT2D eigenvalue weighted by atomic mass is 19.1. The summed E-state index contributed by atoms with van der Waals surface area (Å²) in [6.07, 6.45) is 0. The van der Waals surface area contributed by atoms with Crippen LogP contribution >= 0.6 is 0 Å². The van der Waals surface area contributed by atoms with E-state index in [1.54, 1.807) is 13.0 Å². The van der Waals surface area contributed by atoms with Crippen LogP contribution in [-0.2, 0) is 7.05 Å². The molecule has 0 radical (unpaired) electrons. The Kier molecular flexibility index (Phi) is 3.75. The molecule has 0 spiro atoms. The molecule has 1 aromatic heterocycles. The smallest absolute Gasteiger partial charge is 0.271 e. The fourth-order valence-corrected chi connectivity index (χ4v) is 1.95. The molecule has 0 unspecified atom stereocenters. The average Bonchev–Trinajstić information content (AvgIpc) is 2.41. The minimum absolute atomic E-state index is 0.116. The number of aryl methyl sites for hydroxylation is 2. The first-order valence-electron chi connectivity index (χ1n) is 6.22. The summed E-state index contributed by atoms with van der Waals surface area (Å²) in [5.41, 5.74) is 6.01. The SMILES string of the molecule is Cc1ccc(Nc2c(C(N)=O)nn(C)c(=O)c2C)c(F)c1. The number of carbonyl (C=O) groups is 1. The van der Waals surface area contributed by atoms with Gasteiger partial charge in [0.15, 0.2) is 5.69 Å². The van der Waals surface area contributed by atoms with Crippen molar-refractivity contribution < 1.29 is 9.18 Å². The van der Waals surface area contributed by atoms with Gasteiger partial charge >= 0.3 is 0 Å². The molecule has 2 rings (SSSR count). The first-order chi connectivity index (χ1) is 9.81. The second-order valence-corrected chi connectivity index (χ2v) is 4.75. The minimum Gasteiger partial charge on any atom is -0.364 e. The van der Waals surface area contributed by atoms with Crippen LogP contribution in [0.15, 0.2) is 23.0 Å². The Balaban J connectivity index is 2.60. The Labute approximate surface area is 120 Å². The van der Waals surface area contributed by atoms with Crippen LogP contribution in [-0.4, -0.2) is 15.7 Å². The lowest BCUT2D eigenvalue weighted by molar-refractivity contribution is 0.0994. The molecule has 1 heterocycles. The van der Waals surface area contributed by atoms with Gasteiger partial charge in [0.2, 0.25) is 0 Å². The molecule has 0 saturated heterocycles. The third kappa shape index (κ3) is 2.76. The Morgan fingerprint density at radius 1 is 1.38 bits per heavy atom. The number of hydrogen-bond donors (Lipinski definition) is 2. The number of halogens is 1. The second-order valence-electron chi connectivity index (χ2n) is 4.75. The number of rotatable bonds is 3. The number of benzene rings is 1. The van der Waals surface area contributed by atoms with E-state index >= 15 is 0 Å². The van der Waals surface area contributed by atoms with Crippen LogP contribution in [0.1, 0.15) is 21.6 Å². The molecule has 21 heavy (non-hydrogen) atoms. The van der Waals surface area contributed by atoms with E-state index in [2.05, 4.69) is 10.4 Å². The molecule has 6 nitrogen and oxygen atoms in total. The van der Waals surface area contributed by atoms with E-state index in [9.17, 15) is 14.0 Å². The molecule has 0 saturated carbocycles. The lowest BCUT2D eigenvalue weighted by Crippen LogP contribution is -2.28. The molecule has 3 N–H and O–H groups in total. The van der Waals surface area contributed by atoms with Crippen LogP contribution in [0, 0.1) is 19.7 Å². The fourth-order valence-electron chi connectivity index (χ4n) is 1.95. The van der Waals surface area contributed by atoms with E-state index in [1.807, 2.05) is 0 Å². The van der Waals surface area contributed by atoms with E-state index in [0.717, 1.165) is 10.2 Å². The molecule has 2 aromatic rings. The maximum Gasteiger partial charge on any atom is 0.271 e. The normalized spacial score (nSPS) is 10.5. The summed E-state index contributed by atoms with van der Waals surface area (Å²) in [5, 5.41) is 6.56. The van der Waals surface area contributed by atoms with Crippen LogP contribution in [0.2, 0.25) is 0 Å². The van der Waals surface area contributed by atoms with E-state index in [4.69, 9.17) is 5.73 Å². The number of primary amides is 1. The summed E-state index contributed by atoms with van der Waals surface area (Å²) in [5.74, 6) is -1.30. The highest BCUT2D eigenvalue weighted by Crippen LogP contribution is 2.24. The number of hydrogen-bond acceptors (Lipinski definition) is 4. The Morgan fingerprint density at radius 3 is 2.62 bits per heavy atom. The highest BCUT2D eigenvalue weighted by Gasteiger charge is 2.18. The van der Waals surface area contributed by atoms with Crippen LogP contribution in [0.5, 0.6) is 0 Å². The van der Waals surface area contributed by atoms with E-state index in [-0.39, 0.29) is 22.6 Å². The van der Waals surface area contributed by atoms with Gasteiger partial charge in [-0.2, -0.15) is 5.10 Å². The summed E-state index contributed by atoms with van der Waals surface area (Å²) in [6.45, 7) is 3.28. The van der Waals surface area contributed by atoms with Crippen molar-refractivity contribution in [1.29, 1.82) is 0 Å². The lowest BCUT2D eigenvalue weighted by Gasteiger charge is -2.14. The Morgan fingerprint density at radius 2 is 2.05 bits per heavy atom. The summed E-state index contributed by atoms with van der Waals surface area (Å²) < 4.78 is 14.9. The number of carbonyl (C=O) groups excluding carboxylic acids is 1. The number of anilines is 2. The van der Waals surface area contributed by atoms with Gasteiger partial charge in [0.1, 0.15) is 5.82 Å². The first kappa shape index (κ1) is 14.7. The molecule has 0 aliphatic carbocycles. The summed E-state index contributed by atoms with van der Waals surface area (Å²) in [4.78, 5) is 23.4. The van der Waals surface area contributed by atoms with Crippen LogP contribution in [0.4, 0.5) is 15.8 Å². The van der Waals surface area contributed by atoms with Gasteiger partial charge in [0.05, 0.1) is 11.4 Å². The van der Waals surface area contributed by atoms with Gasteiger partial charge < -0.3 is 11.1 Å². The molecule has 1 aromatic carbocycles. The molecule has 7 heteroatoms. The molecule has 0 fully saturated rings. The predicted octanol–water partition coefficient (Wildman–Crippen LogP) is 1.38. The van der Waals surface area contributed by atoms with Crippen molar-refractivity contribution in [2.75, 3.05) is 5.32 Å². The first-order valence-corrected chi connectivity index (χ1v) is 6.22. The molecule has 0 aliphatic rings. The number of nitrogens with two attached hydrogens (primary N) is 1. The second kappa shape index (κ2) is 5.35. The van der Waals surface area contributed by atoms with Gasteiger partial charge in [0.25, 0.3) is 11.5 Å². The molecule has 0 bridgehead atoms. The van der Waals surface area contributed by atoms with Crippen molar-refractivity contribution in [3.8, 4) is 0 Å². The van der Waals surface area contributed by atoms with Crippen molar-refractivity contribution in [3.63, 3.8) is 0 Å². The number of nitrogens with one attached hydrogen (secondary N) is 1. The van der Waals surface area contributed by atoms with Gasteiger partial charge in [-0.15, -0.1) is 0 Å². The highest BCUT2D eigenvalue weighted by molar-refractivity contribution is 5.97. The minimum atomic E-state index is -0.802. The number of amides is 1. The molecule has 0 atom stereocenters. The maximum atomic E-state index is 13.9. The molecular weight excluding hydrogens is 275 g/mol. The summed E-state index contributed by atoms with van der Waals surface area (Å²) in [6, 6.07) is 4.57. The topological polar surface area (TPSA) is 90.0 Å². The van der Waals surface area contributed by atoms with Gasteiger partial charge in [-0.3, -0.25) is 9.59 Å². The molecule has 1 amide bonds. The molecule has 0 aliphatic heterocycles. The van der Waals surface area contributed by atoms with E-state index < -0.39 is 17.3 Å². The van der Waals surface area contributed by atoms with Crippen molar-refractivity contribution in [2.24, 2.45) is 12.8 Å². The Hall–Kier alpha value is -2.70. The zero-order valence-electron chi connectivity index (χ0n) is 11.9. The largest absolute Gasteiger partial charge is 0.364 e. The number of nitrogens with zero attached hydrogens (tertiary/aromatic N) is 2. The van der Waals surface area contributed by atoms with Gasteiger partial charge in [-0.05, 0) is 31.5 Å². The van der Waals surface area contributed by atoms with Crippen LogP contribution < -0.4 is 16.6 Å². The third-order valence-corrected chi connectivity index (χ3v) is 3.09. The third-order valence-electron chi connectivity index (χ3n) is 3.09. The summed E-state index contributed by atoms with van der Waals surface area (Å²) >= 11 is 0. The van der Waals surface area contributed by atoms with Crippen LogP contribution in [0.3, 0.4) is 0 Å². The number of aromatic nitrogens is 2. The van der Waals surface area contributed by atoms with Gasteiger partial charge in [0, 0.05) is 12.6 Å². The van der Waals surface area contributed by atoms with Crippen LogP contribution in [0.25, 0.3) is 0 Å². The average molecular weight is 290 g/mol. The zero-order valence-corrected chi connectivity index (χ0v) is 11.9. The molecular formula is C14H15FN4O2. The van der Waals surface area contributed by atoms with Crippen molar-refractivity contribution in [2.45, 2.75) is 13.8 Å². The lowest BCUT2D eigenvalue weighted by atomic mass is 10.1. The van der Waals surface area contributed by atoms with E-state index in [0.29, 0.717) is 0 Å². The van der Waals surface area contributed by atoms with Gasteiger partial charge in [-0.25, -0.2) is 9.07 Å². The standard InChI is InChI=1S/C14H15FN4O2/c1-7-4-5-10(9(15)6-7)17-11-8(2)14(21)19(3)18-12(11)13(16)20/h4-6,17H,1-3H3,(H2,16,20). The Bertz CT molecular complexity index is 783. The van der Waals surface area contributed by atoms with Gasteiger partial charge in [-0.1, -0.05) is 6.07 Å².